The normalized spacial score (nSPS) is 11.5. The highest BCUT2D eigenvalue weighted by molar-refractivity contribution is 6.25. The summed E-state index contributed by atoms with van der Waals surface area (Å²) in [6, 6.07) is 85.1. The molecule has 0 spiro atoms. The summed E-state index contributed by atoms with van der Waals surface area (Å²) in [5.41, 5.74) is 16.3. The van der Waals surface area contributed by atoms with Crippen LogP contribution in [0.15, 0.2) is 247 Å². The molecular weight excluding hydrogens is 829 g/mol. The first-order valence-corrected chi connectivity index (χ1v) is 22.9. The molecule has 0 unspecified atom stereocenters. The van der Waals surface area contributed by atoms with Crippen molar-refractivity contribution in [2.75, 3.05) is 0 Å². The van der Waals surface area contributed by atoms with Crippen LogP contribution in [0.4, 0.5) is 0 Å². The number of hydrogen-bond acceptors (Lipinski definition) is 4. The molecule has 0 N–H and O–H groups in total. The van der Waals surface area contributed by atoms with Crippen LogP contribution in [0.2, 0.25) is 0 Å². The van der Waals surface area contributed by atoms with Crippen LogP contribution in [0.25, 0.3) is 128 Å². The van der Waals surface area contributed by atoms with E-state index in [1.807, 2.05) is 36.4 Å². The van der Waals surface area contributed by atoms with Gasteiger partial charge in [0, 0.05) is 44.1 Å². The molecule has 0 aliphatic rings. The van der Waals surface area contributed by atoms with E-state index < -0.39 is 0 Å². The summed E-state index contributed by atoms with van der Waals surface area (Å²) in [4.78, 5) is 15.7. The Morgan fingerprint density at radius 2 is 0.779 bits per heavy atom. The number of nitrogens with zero attached hydrogens (tertiary/aromatic N) is 4. The smallest absolute Gasteiger partial charge is 0.164 e. The lowest BCUT2D eigenvalue weighted by Gasteiger charge is -2.16. The Bertz CT molecular complexity index is 3880. The standard InChI is InChI=1S/C63H40N4O/c1-6-19-41(20-7-1)46-37-47(42-21-8-2-9-22-42)39-48(38-46)45-33-34-50(55(40-45)63-65-61(43-23-10-3-11-24-43)64-62(66-63)44-25-12-4-13-26-44)51-30-18-31-52-53-35-36-57-58(60(53)68-59(51)52)54-29-16-17-32-56(54)67(57)49-27-14-5-15-28-49/h1-40H. The quantitative estimate of drug-likeness (QED) is 0.153. The Kier molecular flexibility index (Phi) is 9.43. The van der Waals surface area contributed by atoms with Gasteiger partial charge >= 0.3 is 0 Å². The number of fused-ring (bicyclic) bond motifs is 7. The van der Waals surface area contributed by atoms with Crippen molar-refractivity contribution in [1.29, 1.82) is 0 Å². The lowest BCUT2D eigenvalue weighted by Crippen LogP contribution is -2.01. The fourth-order valence-electron chi connectivity index (χ4n) is 9.84. The topological polar surface area (TPSA) is 56.7 Å². The molecule has 0 fully saturated rings. The van der Waals surface area contributed by atoms with Crippen molar-refractivity contribution in [3.05, 3.63) is 243 Å². The molecule has 0 saturated heterocycles. The van der Waals surface area contributed by atoms with E-state index in [1.54, 1.807) is 0 Å². The number of rotatable bonds is 8. The zero-order chi connectivity index (χ0) is 45.0. The van der Waals surface area contributed by atoms with Crippen molar-refractivity contribution in [1.82, 2.24) is 19.5 Å². The average Bonchev–Trinajstić information content (AvgIpc) is 3.98. The first-order chi connectivity index (χ1) is 33.7. The summed E-state index contributed by atoms with van der Waals surface area (Å²) in [5.74, 6) is 1.77. The van der Waals surface area contributed by atoms with Crippen LogP contribution in [0.3, 0.4) is 0 Å². The van der Waals surface area contributed by atoms with Crippen LogP contribution in [0.5, 0.6) is 0 Å². The molecule has 0 amide bonds. The van der Waals surface area contributed by atoms with E-state index in [0.717, 1.165) is 111 Å². The van der Waals surface area contributed by atoms with Gasteiger partial charge in [0.25, 0.3) is 0 Å². The third kappa shape index (κ3) is 6.76. The van der Waals surface area contributed by atoms with Gasteiger partial charge in [-0.05, 0) is 93.5 Å². The number of hydrogen-bond donors (Lipinski definition) is 0. The van der Waals surface area contributed by atoms with E-state index in [2.05, 4.69) is 211 Å². The lowest BCUT2D eigenvalue weighted by molar-refractivity contribution is 0.674. The van der Waals surface area contributed by atoms with Gasteiger partial charge in [-0.15, -0.1) is 0 Å². The summed E-state index contributed by atoms with van der Waals surface area (Å²) >= 11 is 0. The first-order valence-electron chi connectivity index (χ1n) is 22.9. The maximum absolute atomic E-state index is 7.26. The van der Waals surface area contributed by atoms with Gasteiger partial charge in [0.15, 0.2) is 17.5 Å². The zero-order valence-corrected chi connectivity index (χ0v) is 36.8. The molecule has 13 rings (SSSR count). The molecule has 13 aromatic rings. The third-order valence-corrected chi connectivity index (χ3v) is 13.0. The zero-order valence-electron chi connectivity index (χ0n) is 36.8. The van der Waals surface area contributed by atoms with Gasteiger partial charge in [-0.1, -0.05) is 188 Å². The molecule has 0 atom stereocenters. The fraction of sp³-hybridized carbons (Fsp3) is 0. The van der Waals surface area contributed by atoms with E-state index in [9.17, 15) is 0 Å². The van der Waals surface area contributed by atoms with Crippen LogP contribution in [0, 0.1) is 0 Å². The highest BCUT2D eigenvalue weighted by Gasteiger charge is 2.23. The second kappa shape index (κ2) is 16.4. The van der Waals surface area contributed by atoms with Gasteiger partial charge in [-0.25, -0.2) is 15.0 Å². The molecule has 0 aliphatic carbocycles. The van der Waals surface area contributed by atoms with Gasteiger partial charge in [-0.2, -0.15) is 0 Å². The summed E-state index contributed by atoms with van der Waals surface area (Å²) < 4.78 is 9.60. The molecule has 0 bridgehead atoms. The van der Waals surface area contributed by atoms with Crippen molar-refractivity contribution >= 4 is 43.7 Å². The van der Waals surface area contributed by atoms with Crippen LogP contribution >= 0.6 is 0 Å². The number of benzene rings is 10. The predicted octanol–water partition coefficient (Wildman–Crippen LogP) is 16.5. The van der Waals surface area contributed by atoms with Crippen LogP contribution in [-0.2, 0) is 0 Å². The number of para-hydroxylation sites is 3. The minimum Gasteiger partial charge on any atom is -0.455 e. The largest absolute Gasteiger partial charge is 0.455 e. The van der Waals surface area contributed by atoms with Gasteiger partial charge in [0.05, 0.1) is 16.4 Å². The molecule has 0 aliphatic heterocycles. The molecule has 5 nitrogen and oxygen atoms in total. The molecule has 0 saturated carbocycles. The van der Waals surface area contributed by atoms with Crippen molar-refractivity contribution in [2.24, 2.45) is 0 Å². The van der Waals surface area contributed by atoms with Crippen molar-refractivity contribution in [2.45, 2.75) is 0 Å². The SMILES string of the molecule is c1ccc(-c2cc(-c3ccccc3)cc(-c3ccc(-c4cccc5c4oc4c5ccc5c4c4ccccc4n5-c4ccccc4)c(-c4nc(-c5ccccc5)nc(-c5ccccc5)n4)c3)c2)cc1. The molecule has 5 heteroatoms. The molecular formula is C63H40N4O. The van der Waals surface area contributed by atoms with Gasteiger partial charge in [0.2, 0.25) is 0 Å². The lowest BCUT2D eigenvalue weighted by atomic mass is 9.90. The molecule has 3 heterocycles. The molecule has 318 valence electrons. The Balaban J connectivity index is 1.08. The summed E-state index contributed by atoms with van der Waals surface area (Å²) in [7, 11) is 0. The van der Waals surface area contributed by atoms with Crippen LogP contribution in [-0.4, -0.2) is 19.5 Å². The summed E-state index contributed by atoms with van der Waals surface area (Å²) in [6.45, 7) is 0. The van der Waals surface area contributed by atoms with E-state index >= 15 is 0 Å². The Labute approximate surface area is 392 Å². The Morgan fingerprint density at radius 3 is 1.40 bits per heavy atom. The highest BCUT2D eigenvalue weighted by Crippen LogP contribution is 2.45. The maximum atomic E-state index is 7.26. The molecule has 10 aromatic carbocycles. The fourth-order valence-corrected chi connectivity index (χ4v) is 9.84. The minimum absolute atomic E-state index is 0.568. The van der Waals surface area contributed by atoms with E-state index in [0.29, 0.717) is 17.5 Å². The number of aromatic nitrogens is 4. The van der Waals surface area contributed by atoms with Crippen LogP contribution < -0.4 is 0 Å². The Hall–Kier alpha value is -9.19. The third-order valence-electron chi connectivity index (χ3n) is 13.0. The molecule has 0 radical (unpaired) electrons. The first kappa shape index (κ1) is 39.2. The minimum atomic E-state index is 0.568. The maximum Gasteiger partial charge on any atom is 0.164 e. The predicted molar refractivity (Wildman–Crippen MR) is 279 cm³/mol. The Morgan fingerprint density at radius 1 is 0.279 bits per heavy atom. The molecule has 3 aromatic heterocycles. The van der Waals surface area contributed by atoms with E-state index in [-0.39, 0.29) is 0 Å². The second-order valence-corrected chi connectivity index (χ2v) is 17.1. The van der Waals surface area contributed by atoms with Gasteiger partial charge < -0.3 is 8.98 Å². The average molecular weight is 869 g/mol. The van der Waals surface area contributed by atoms with Gasteiger partial charge in [-0.3, -0.25) is 0 Å². The van der Waals surface area contributed by atoms with Crippen LogP contribution in [0.1, 0.15) is 0 Å². The van der Waals surface area contributed by atoms with Crippen molar-refractivity contribution < 1.29 is 4.42 Å². The van der Waals surface area contributed by atoms with Crippen molar-refractivity contribution in [3.8, 4) is 84.4 Å². The van der Waals surface area contributed by atoms with Crippen molar-refractivity contribution in [3.63, 3.8) is 0 Å². The highest BCUT2D eigenvalue weighted by atomic mass is 16.3. The number of furan rings is 1. The van der Waals surface area contributed by atoms with Gasteiger partial charge in [0.1, 0.15) is 11.2 Å². The molecule has 68 heavy (non-hydrogen) atoms. The summed E-state index contributed by atoms with van der Waals surface area (Å²) in [6.07, 6.45) is 0. The second-order valence-electron chi connectivity index (χ2n) is 17.1. The monoisotopic (exact) mass is 868 g/mol. The van der Waals surface area contributed by atoms with E-state index in [1.165, 1.54) is 0 Å². The summed E-state index contributed by atoms with van der Waals surface area (Å²) in [5, 5.41) is 4.33. The van der Waals surface area contributed by atoms with E-state index in [4.69, 9.17) is 19.4 Å².